The van der Waals surface area contributed by atoms with Crippen molar-refractivity contribution in [1.82, 2.24) is 19.8 Å². The number of amides is 1. The van der Waals surface area contributed by atoms with Gasteiger partial charge in [0.25, 0.3) is 5.56 Å². The summed E-state index contributed by atoms with van der Waals surface area (Å²) in [4.78, 5) is 40.0. The first-order valence-corrected chi connectivity index (χ1v) is 9.06. The Morgan fingerprint density at radius 1 is 1.23 bits per heavy atom. The Morgan fingerprint density at radius 3 is 2.62 bits per heavy atom. The number of hydrogen-bond acceptors (Lipinski definition) is 6. The summed E-state index contributed by atoms with van der Waals surface area (Å²) in [5.41, 5.74) is -0.732. The van der Waals surface area contributed by atoms with Crippen molar-refractivity contribution in [3.63, 3.8) is 0 Å². The second-order valence-corrected chi connectivity index (χ2v) is 7.26. The second kappa shape index (κ2) is 7.73. The molecule has 0 spiro atoms. The van der Waals surface area contributed by atoms with Gasteiger partial charge in [-0.25, -0.2) is 4.79 Å². The van der Waals surface area contributed by atoms with E-state index in [0.29, 0.717) is 24.9 Å². The fourth-order valence-electron chi connectivity index (χ4n) is 3.85. The fourth-order valence-corrected chi connectivity index (χ4v) is 3.85. The molecule has 1 aromatic heterocycles. The highest BCUT2D eigenvalue weighted by Crippen LogP contribution is 2.28. The lowest BCUT2D eigenvalue weighted by Gasteiger charge is -2.38. The molecule has 0 bridgehead atoms. The lowest BCUT2D eigenvalue weighted by atomic mass is 9.85. The van der Waals surface area contributed by atoms with Crippen molar-refractivity contribution in [1.29, 1.82) is 0 Å². The molecule has 0 aromatic carbocycles. The topological polar surface area (TPSA) is 128 Å². The van der Waals surface area contributed by atoms with E-state index in [2.05, 4.69) is 15.2 Å². The summed E-state index contributed by atoms with van der Waals surface area (Å²) in [5.74, 6) is -0.168. The molecule has 1 aliphatic carbocycles. The van der Waals surface area contributed by atoms with Crippen LogP contribution in [-0.4, -0.2) is 68.5 Å². The van der Waals surface area contributed by atoms with Crippen LogP contribution in [-0.2, 0) is 4.79 Å². The van der Waals surface area contributed by atoms with Crippen LogP contribution in [0.15, 0.2) is 15.8 Å². The van der Waals surface area contributed by atoms with Gasteiger partial charge in [0.2, 0.25) is 5.91 Å². The zero-order chi connectivity index (χ0) is 18.8. The minimum Gasteiger partial charge on any atom is -0.388 e. The normalized spacial score (nSPS) is 29.7. The number of H-pyrrole nitrogens is 1. The Labute approximate surface area is 150 Å². The van der Waals surface area contributed by atoms with Gasteiger partial charge in [-0.3, -0.25) is 24.0 Å². The largest absolute Gasteiger partial charge is 0.388 e. The monoisotopic (exact) mass is 366 g/mol. The quantitative estimate of drug-likeness (QED) is 0.513. The number of likely N-dealkylation sites (tertiary alicyclic amines) is 1. The maximum atomic E-state index is 12.2. The van der Waals surface area contributed by atoms with Crippen LogP contribution < -0.4 is 16.6 Å². The number of nitrogens with one attached hydrogen (secondary N) is 2. The zero-order valence-electron chi connectivity index (χ0n) is 14.9. The van der Waals surface area contributed by atoms with Gasteiger partial charge in [-0.15, -0.1) is 0 Å². The van der Waals surface area contributed by atoms with Gasteiger partial charge < -0.3 is 15.5 Å². The standard InChI is InChI=1S/C17H26N4O5/c1-10-8-21(17(26)19-16(10)25)12-5-4-11(14(23)15(12)24)18-13(22)9-20-6-2-3-7-20/h8,11-12,14-15,23-24H,2-7,9H2,1H3,(H,18,22)(H,19,25,26)/t11-,12-,14-,15-/m1/s1. The van der Waals surface area contributed by atoms with Crippen molar-refractivity contribution in [3.8, 4) is 0 Å². The Kier molecular flexibility index (Phi) is 5.59. The summed E-state index contributed by atoms with van der Waals surface area (Å²) in [7, 11) is 0. The number of hydrogen-bond donors (Lipinski definition) is 4. The third-order valence-corrected chi connectivity index (χ3v) is 5.35. The Morgan fingerprint density at radius 2 is 1.92 bits per heavy atom. The van der Waals surface area contributed by atoms with Crippen molar-refractivity contribution < 1.29 is 15.0 Å². The van der Waals surface area contributed by atoms with Crippen LogP contribution in [0.2, 0.25) is 0 Å². The number of carbonyl (C=O) groups excluding carboxylic acids is 1. The van der Waals surface area contributed by atoms with Crippen molar-refractivity contribution in [3.05, 3.63) is 32.6 Å². The predicted octanol–water partition coefficient (Wildman–Crippen LogP) is -1.52. The van der Waals surface area contributed by atoms with Crippen LogP contribution in [0.1, 0.15) is 37.3 Å². The van der Waals surface area contributed by atoms with Crippen molar-refractivity contribution in [2.75, 3.05) is 19.6 Å². The molecule has 2 heterocycles. The van der Waals surface area contributed by atoms with Gasteiger partial charge >= 0.3 is 5.69 Å². The Balaban J connectivity index is 1.65. The number of carbonyl (C=O) groups is 1. The molecule has 1 aromatic rings. The summed E-state index contributed by atoms with van der Waals surface area (Å²) in [6.07, 6.45) is 2.00. The molecule has 1 saturated heterocycles. The summed E-state index contributed by atoms with van der Waals surface area (Å²) >= 11 is 0. The van der Waals surface area contributed by atoms with E-state index >= 15 is 0 Å². The lowest BCUT2D eigenvalue weighted by molar-refractivity contribution is -0.126. The number of aliphatic hydroxyl groups excluding tert-OH is 2. The molecule has 3 rings (SSSR count). The number of aliphatic hydroxyl groups is 2. The third kappa shape index (κ3) is 3.89. The van der Waals surface area contributed by atoms with Crippen LogP contribution in [0.5, 0.6) is 0 Å². The molecule has 2 aliphatic rings. The minimum absolute atomic E-state index is 0.168. The Bertz CT molecular complexity index is 767. The molecule has 0 radical (unpaired) electrons. The van der Waals surface area contributed by atoms with E-state index in [9.17, 15) is 24.6 Å². The number of aryl methyl sites for hydroxylation is 1. The highest BCUT2D eigenvalue weighted by atomic mass is 16.3. The van der Waals surface area contributed by atoms with Crippen LogP contribution >= 0.6 is 0 Å². The van der Waals surface area contributed by atoms with Crippen molar-refractivity contribution in [2.24, 2.45) is 0 Å². The first-order valence-electron chi connectivity index (χ1n) is 9.06. The van der Waals surface area contributed by atoms with Crippen LogP contribution in [0, 0.1) is 6.92 Å². The first kappa shape index (κ1) is 18.8. The highest BCUT2D eigenvalue weighted by molar-refractivity contribution is 5.78. The van der Waals surface area contributed by atoms with Gasteiger partial charge in [0.1, 0.15) is 12.2 Å². The van der Waals surface area contributed by atoms with Crippen LogP contribution in [0.3, 0.4) is 0 Å². The number of nitrogens with zero attached hydrogens (tertiary/aromatic N) is 2. The van der Waals surface area contributed by atoms with Gasteiger partial charge in [-0.2, -0.15) is 0 Å². The smallest absolute Gasteiger partial charge is 0.328 e. The molecular weight excluding hydrogens is 340 g/mol. The molecule has 4 N–H and O–H groups in total. The maximum absolute atomic E-state index is 12.2. The number of aromatic amines is 1. The average molecular weight is 366 g/mol. The predicted molar refractivity (Wildman–Crippen MR) is 93.9 cm³/mol. The highest BCUT2D eigenvalue weighted by Gasteiger charge is 2.39. The van der Waals surface area contributed by atoms with E-state index in [-0.39, 0.29) is 5.91 Å². The number of aromatic nitrogens is 2. The first-order chi connectivity index (χ1) is 12.4. The molecule has 1 saturated carbocycles. The molecule has 144 valence electrons. The molecule has 2 fully saturated rings. The van der Waals surface area contributed by atoms with E-state index < -0.39 is 35.5 Å². The van der Waals surface area contributed by atoms with Crippen LogP contribution in [0.25, 0.3) is 0 Å². The van der Waals surface area contributed by atoms with Crippen molar-refractivity contribution in [2.45, 2.75) is 56.9 Å². The van der Waals surface area contributed by atoms with E-state index in [4.69, 9.17) is 0 Å². The summed E-state index contributed by atoms with van der Waals surface area (Å²) in [6.45, 7) is 3.67. The van der Waals surface area contributed by atoms with E-state index in [1.807, 2.05) is 0 Å². The molecule has 1 amide bonds. The lowest BCUT2D eigenvalue weighted by Crippen LogP contribution is -2.56. The van der Waals surface area contributed by atoms with Crippen molar-refractivity contribution >= 4 is 5.91 Å². The average Bonchev–Trinajstić information content (AvgIpc) is 3.09. The molecular formula is C17H26N4O5. The van der Waals surface area contributed by atoms with Gasteiger partial charge in [0.15, 0.2) is 0 Å². The van der Waals surface area contributed by atoms with Gasteiger partial charge in [-0.05, 0) is 45.7 Å². The van der Waals surface area contributed by atoms with E-state index in [0.717, 1.165) is 25.9 Å². The fraction of sp³-hybridized carbons (Fsp3) is 0.706. The molecule has 0 unspecified atom stereocenters. The maximum Gasteiger partial charge on any atom is 0.328 e. The second-order valence-electron chi connectivity index (χ2n) is 7.26. The van der Waals surface area contributed by atoms with Gasteiger partial charge in [0, 0.05) is 11.8 Å². The van der Waals surface area contributed by atoms with Crippen LogP contribution in [0.4, 0.5) is 0 Å². The number of rotatable bonds is 4. The van der Waals surface area contributed by atoms with Gasteiger partial charge in [-0.1, -0.05) is 0 Å². The summed E-state index contributed by atoms with van der Waals surface area (Å²) < 4.78 is 1.26. The van der Waals surface area contributed by atoms with E-state index in [1.165, 1.54) is 10.8 Å². The molecule has 1 aliphatic heterocycles. The minimum atomic E-state index is -1.22. The zero-order valence-corrected chi connectivity index (χ0v) is 14.9. The molecule has 9 heteroatoms. The molecule has 26 heavy (non-hydrogen) atoms. The summed E-state index contributed by atoms with van der Waals surface area (Å²) in [5, 5.41) is 23.7. The molecule has 4 atom stereocenters. The third-order valence-electron chi connectivity index (χ3n) is 5.35. The SMILES string of the molecule is Cc1cn([C@@H]2CC[C@@H](NC(=O)CN3CCCC3)[C@@H](O)[C@@H]2O)c(=O)[nH]c1=O. The summed E-state index contributed by atoms with van der Waals surface area (Å²) in [6, 6.07) is -1.21. The van der Waals surface area contributed by atoms with Gasteiger partial charge in [0.05, 0.1) is 18.6 Å². The molecule has 9 nitrogen and oxygen atoms in total. The van der Waals surface area contributed by atoms with E-state index in [1.54, 1.807) is 6.92 Å². The Hall–Kier alpha value is -1.97.